The summed E-state index contributed by atoms with van der Waals surface area (Å²) in [4.78, 5) is 12.8. The molecule has 2 aromatic carbocycles. The molecule has 4 heterocycles. The summed E-state index contributed by atoms with van der Waals surface area (Å²) in [6.07, 6.45) is 11.9. The fourth-order valence-electron chi connectivity index (χ4n) is 4.99. The summed E-state index contributed by atoms with van der Waals surface area (Å²) in [5.74, 6) is 0. The average Bonchev–Trinajstić information content (AvgIpc) is 3.60. The van der Waals surface area contributed by atoms with E-state index in [1.54, 1.807) is 0 Å². The van der Waals surface area contributed by atoms with Gasteiger partial charge >= 0.3 is 0 Å². The molecule has 3 N–H and O–H groups in total. The monoisotopic (exact) mass is 510 g/mol. The zero-order valence-electron chi connectivity index (χ0n) is 22.1. The number of hydrogen-bond donors (Lipinski definition) is 3. The van der Waals surface area contributed by atoms with E-state index in [-0.39, 0.29) is 0 Å². The standard InChI is InChI=1S/C33H30N6/c1-3-8-24(4-2)32-28-17-31(37-29(28)13-14-36-32)33-27-16-25(11-12-30(27)38-39-33)26-15-23(20-35-21-26)19-34-18-22-9-6-5-7-10-22/h3-17,20-21,34,37H,18-19H2,1-2H3,(H,38,39)/b8-3-,24-4+. The predicted octanol–water partition coefficient (Wildman–Crippen LogP) is 7.44. The van der Waals surface area contributed by atoms with Crippen molar-refractivity contribution in [3.8, 4) is 22.5 Å². The molecule has 0 unspecified atom stereocenters. The van der Waals surface area contributed by atoms with Gasteiger partial charge in [0.25, 0.3) is 0 Å². The zero-order valence-corrected chi connectivity index (χ0v) is 22.1. The van der Waals surface area contributed by atoms with Crippen molar-refractivity contribution in [1.29, 1.82) is 0 Å². The molecule has 192 valence electrons. The van der Waals surface area contributed by atoms with Crippen molar-refractivity contribution in [3.63, 3.8) is 0 Å². The second kappa shape index (κ2) is 10.9. The highest BCUT2D eigenvalue weighted by molar-refractivity contribution is 6.00. The maximum absolute atomic E-state index is 4.68. The average molecular weight is 511 g/mol. The van der Waals surface area contributed by atoms with Gasteiger partial charge in [-0.25, -0.2) is 0 Å². The van der Waals surface area contributed by atoms with Crippen molar-refractivity contribution < 1.29 is 0 Å². The lowest BCUT2D eigenvalue weighted by molar-refractivity contribution is 0.691. The van der Waals surface area contributed by atoms with Gasteiger partial charge in [0.15, 0.2) is 0 Å². The van der Waals surface area contributed by atoms with E-state index in [0.29, 0.717) is 0 Å². The van der Waals surface area contributed by atoms with Gasteiger partial charge in [-0.2, -0.15) is 5.10 Å². The predicted molar refractivity (Wildman–Crippen MR) is 160 cm³/mol. The number of nitrogens with zero attached hydrogens (tertiary/aromatic N) is 3. The van der Waals surface area contributed by atoms with Gasteiger partial charge < -0.3 is 10.3 Å². The van der Waals surface area contributed by atoms with Crippen LogP contribution in [-0.2, 0) is 13.1 Å². The number of H-pyrrole nitrogens is 2. The Balaban J connectivity index is 1.31. The molecule has 0 atom stereocenters. The minimum absolute atomic E-state index is 0.752. The fourth-order valence-corrected chi connectivity index (χ4v) is 4.99. The lowest BCUT2D eigenvalue weighted by atomic mass is 10.0. The topological polar surface area (TPSA) is 82.3 Å². The Kier molecular flexibility index (Phi) is 6.85. The lowest BCUT2D eigenvalue weighted by Gasteiger charge is -2.08. The van der Waals surface area contributed by atoms with E-state index in [2.05, 4.69) is 97.2 Å². The highest BCUT2D eigenvalue weighted by Gasteiger charge is 2.15. The van der Waals surface area contributed by atoms with Crippen LogP contribution in [0.25, 0.3) is 49.9 Å². The third kappa shape index (κ3) is 5.02. The third-order valence-corrected chi connectivity index (χ3v) is 6.93. The number of allylic oxidation sites excluding steroid dienone is 4. The van der Waals surface area contributed by atoms with Crippen molar-refractivity contribution in [2.24, 2.45) is 0 Å². The smallest absolute Gasteiger partial charge is 0.116 e. The molecule has 4 aromatic heterocycles. The Hall–Kier alpha value is -4.81. The van der Waals surface area contributed by atoms with Crippen LogP contribution in [0.1, 0.15) is 30.7 Å². The summed E-state index contributed by atoms with van der Waals surface area (Å²) in [5, 5.41) is 13.5. The maximum atomic E-state index is 4.68. The van der Waals surface area contributed by atoms with Crippen molar-refractivity contribution in [3.05, 3.63) is 120 Å². The normalized spacial score (nSPS) is 12.2. The molecule has 0 spiro atoms. The van der Waals surface area contributed by atoms with Crippen molar-refractivity contribution in [2.45, 2.75) is 26.9 Å². The lowest BCUT2D eigenvalue weighted by Crippen LogP contribution is -2.12. The number of pyridine rings is 2. The SMILES string of the molecule is C/C=C\C(=C/C)c1nccc2[nH]c(-c3n[nH]c4ccc(-c5cncc(CNCc6ccccc6)c5)cc34)cc12. The van der Waals surface area contributed by atoms with Crippen LogP contribution in [0.3, 0.4) is 0 Å². The van der Waals surface area contributed by atoms with E-state index in [4.69, 9.17) is 0 Å². The molecular formula is C33H30N6. The van der Waals surface area contributed by atoms with Crippen LogP contribution < -0.4 is 5.32 Å². The fraction of sp³-hybridized carbons (Fsp3) is 0.121. The summed E-state index contributed by atoms with van der Waals surface area (Å²) < 4.78 is 0. The van der Waals surface area contributed by atoms with Gasteiger partial charge in [-0.3, -0.25) is 15.1 Å². The summed E-state index contributed by atoms with van der Waals surface area (Å²) in [6, 6.07) is 23.2. The van der Waals surface area contributed by atoms with Gasteiger partial charge in [-0.1, -0.05) is 54.6 Å². The number of aromatic nitrogens is 5. The van der Waals surface area contributed by atoms with E-state index >= 15 is 0 Å². The highest BCUT2D eigenvalue weighted by Crippen LogP contribution is 2.33. The molecule has 6 rings (SSSR count). The summed E-state index contributed by atoms with van der Waals surface area (Å²) in [5.41, 5.74) is 10.5. The summed E-state index contributed by atoms with van der Waals surface area (Å²) >= 11 is 0. The second-order valence-electron chi connectivity index (χ2n) is 9.55. The Morgan fingerprint density at radius 3 is 2.56 bits per heavy atom. The van der Waals surface area contributed by atoms with E-state index in [1.165, 1.54) is 5.56 Å². The van der Waals surface area contributed by atoms with Gasteiger partial charge in [0.05, 0.1) is 16.9 Å². The molecule has 0 saturated heterocycles. The van der Waals surface area contributed by atoms with E-state index in [1.807, 2.05) is 50.6 Å². The molecule has 0 bridgehead atoms. The molecule has 6 aromatic rings. The first kappa shape index (κ1) is 24.5. The Morgan fingerprint density at radius 2 is 1.72 bits per heavy atom. The second-order valence-corrected chi connectivity index (χ2v) is 9.55. The first-order valence-corrected chi connectivity index (χ1v) is 13.2. The number of hydrogen-bond acceptors (Lipinski definition) is 4. The van der Waals surface area contributed by atoms with E-state index in [9.17, 15) is 0 Å². The van der Waals surface area contributed by atoms with Crippen molar-refractivity contribution in [1.82, 2.24) is 30.5 Å². The zero-order chi connectivity index (χ0) is 26.6. The van der Waals surface area contributed by atoms with Crippen LogP contribution in [0.5, 0.6) is 0 Å². The first-order valence-electron chi connectivity index (χ1n) is 13.2. The quantitative estimate of drug-likeness (QED) is 0.186. The molecule has 0 saturated carbocycles. The molecule has 0 aliphatic carbocycles. The minimum Gasteiger partial charge on any atom is -0.353 e. The molecule has 39 heavy (non-hydrogen) atoms. The third-order valence-electron chi connectivity index (χ3n) is 6.93. The van der Waals surface area contributed by atoms with Crippen LogP contribution in [0.15, 0.2) is 104 Å². The molecule has 0 aliphatic rings. The molecule has 0 fully saturated rings. The van der Waals surface area contributed by atoms with Crippen LogP contribution >= 0.6 is 0 Å². The van der Waals surface area contributed by atoms with Crippen molar-refractivity contribution in [2.75, 3.05) is 0 Å². The Bertz CT molecular complexity index is 1810. The van der Waals surface area contributed by atoms with Crippen LogP contribution in [0.2, 0.25) is 0 Å². The van der Waals surface area contributed by atoms with Gasteiger partial charge in [-0.15, -0.1) is 0 Å². The molecule has 6 heteroatoms. The van der Waals surface area contributed by atoms with Crippen LogP contribution in [-0.4, -0.2) is 25.1 Å². The molecular weight excluding hydrogens is 480 g/mol. The number of nitrogens with one attached hydrogen (secondary N) is 3. The van der Waals surface area contributed by atoms with Crippen LogP contribution in [0, 0.1) is 0 Å². The highest BCUT2D eigenvalue weighted by atomic mass is 15.1. The minimum atomic E-state index is 0.752. The molecule has 0 aliphatic heterocycles. The van der Waals surface area contributed by atoms with Crippen LogP contribution in [0.4, 0.5) is 0 Å². The Morgan fingerprint density at radius 1 is 0.846 bits per heavy atom. The van der Waals surface area contributed by atoms with Gasteiger partial charge in [0, 0.05) is 53.5 Å². The summed E-state index contributed by atoms with van der Waals surface area (Å²) in [6.45, 7) is 5.63. The van der Waals surface area contributed by atoms with Gasteiger partial charge in [-0.05, 0) is 66.4 Å². The first-order chi connectivity index (χ1) is 19.2. The maximum Gasteiger partial charge on any atom is 0.116 e. The largest absolute Gasteiger partial charge is 0.353 e. The number of rotatable bonds is 8. The molecule has 0 amide bonds. The molecule has 6 nitrogen and oxygen atoms in total. The van der Waals surface area contributed by atoms with Gasteiger partial charge in [0.2, 0.25) is 0 Å². The number of aromatic amines is 2. The number of fused-ring (bicyclic) bond motifs is 2. The van der Waals surface area contributed by atoms with E-state index in [0.717, 1.165) is 74.2 Å². The Labute approximate surface area is 227 Å². The molecule has 0 radical (unpaired) electrons. The van der Waals surface area contributed by atoms with Gasteiger partial charge in [0.1, 0.15) is 5.69 Å². The van der Waals surface area contributed by atoms with E-state index < -0.39 is 0 Å². The summed E-state index contributed by atoms with van der Waals surface area (Å²) in [7, 11) is 0. The van der Waals surface area contributed by atoms with Crippen molar-refractivity contribution >= 4 is 27.4 Å². The number of benzene rings is 2.